The molecule has 0 fully saturated rings. The predicted octanol–water partition coefficient (Wildman–Crippen LogP) is 5.26. The van der Waals surface area contributed by atoms with Crippen molar-refractivity contribution in [3.05, 3.63) is 71.7 Å². The summed E-state index contributed by atoms with van der Waals surface area (Å²) in [5.74, 6) is 0.247. The van der Waals surface area contributed by atoms with Crippen LogP contribution in [0.4, 0.5) is 19.1 Å². The van der Waals surface area contributed by atoms with Crippen LogP contribution in [-0.2, 0) is 11.7 Å². The zero-order chi connectivity index (χ0) is 22.2. The Morgan fingerprint density at radius 1 is 1.03 bits per heavy atom. The van der Waals surface area contributed by atoms with Crippen molar-refractivity contribution in [2.75, 3.05) is 5.32 Å². The molecule has 0 aliphatic carbocycles. The molecule has 0 radical (unpaired) electrons. The molecular formula is C22H17F3N6. The quantitative estimate of drug-likeness (QED) is 0.468. The molecule has 0 saturated heterocycles. The Kier molecular flexibility index (Phi) is 4.85. The van der Waals surface area contributed by atoms with Gasteiger partial charge >= 0.3 is 6.18 Å². The number of H-pyrrole nitrogens is 1. The number of aromatic amines is 1. The van der Waals surface area contributed by atoms with Crippen LogP contribution in [0.2, 0.25) is 0 Å². The van der Waals surface area contributed by atoms with Gasteiger partial charge in [0.05, 0.1) is 28.6 Å². The van der Waals surface area contributed by atoms with E-state index in [0.29, 0.717) is 5.56 Å². The van der Waals surface area contributed by atoms with Crippen molar-refractivity contribution in [1.29, 1.82) is 5.26 Å². The maximum atomic E-state index is 13.2. The first-order valence-corrected chi connectivity index (χ1v) is 9.34. The summed E-state index contributed by atoms with van der Waals surface area (Å²) in [4.78, 5) is 15.4. The Balaban J connectivity index is 1.80. The Morgan fingerprint density at radius 2 is 1.77 bits per heavy atom. The van der Waals surface area contributed by atoms with E-state index in [4.69, 9.17) is 0 Å². The van der Waals surface area contributed by atoms with E-state index in [1.807, 2.05) is 50.2 Å². The first kappa shape index (κ1) is 20.3. The smallest absolute Gasteiger partial charge is 0.345 e. The van der Waals surface area contributed by atoms with Crippen LogP contribution in [0.25, 0.3) is 22.3 Å². The van der Waals surface area contributed by atoms with Gasteiger partial charge in [0.2, 0.25) is 5.95 Å². The van der Waals surface area contributed by atoms with Crippen LogP contribution in [0, 0.1) is 11.3 Å². The molecule has 0 spiro atoms. The summed E-state index contributed by atoms with van der Waals surface area (Å²) in [7, 11) is 0. The molecule has 0 atom stereocenters. The molecule has 0 aliphatic heterocycles. The molecule has 0 aliphatic rings. The summed E-state index contributed by atoms with van der Waals surface area (Å²) < 4.78 is 39.5. The molecule has 31 heavy (non-hydrogen) atoms. The van der Waals surface area contributed by atoms with E-state index >= 15 is 0 Å². The number of hydrogen-bond donors (Lipinski definition) is 2. The fourth-order valence-electron chi connectivity index (χ4n) is 3.29. The lowest BCUT2D eigenvalue weighted by Crippen LogP contribution is -2.29. The number of anilines is 1. The average Bonchev–Trinajstić information content (AvgIpc) is 3.16. The van der Waals surface area contributed by atoms with Gasteiger partial charge in [-0.1, -0.05) is 30.3 Å². The highest BCUT2D eigenvalue weighted by Crippen LogP contribution is 2.35. The summed E-state index contributed by atoms with van der Waals surface area (Å²) in [6.45, 7) is 3.91. The fraction of sp³-hybridized carbons (Fsp3) is 0.182. The standard InChI is InChI=1S/C22H17F3N6/c1-21(2,14-6-4-3-5-7-14)31-20-29-10-13(9-26)18(30-20)17-12-28-19-16(17)8-15(11-27-19)22(23,24)25/h3-8,10-12H,1-2H3,(H,27,28)(H,29,30,31). The van der Waals surface area contributed by atoms with Crippen molar-refractivity contribution >= 4 is 17.0 Å². The Hall–Kier alpha value is -3.93. The van der Waals surface area contributed by atoms with Gasteiger partial charge in [-0.2, -0.15) is 18.4 Å². The number of benzene rings is 1. The highest BCUT2D eigenvalue weighted by molar-refractivity contribution is 5.94. The van der Waals surface area contributed by atoms with Gasteiger partial charge in [0.25, 0.3) is 0 Å². The first-order valence-electron chi connectivity index (χ1n) is 9.34. The minimum absolute atomic E-state index is 0.140. The van der Waals surface area contributed by atoms with Gasteiger partial charge in [-0.15, -0.1) is 0 Å². The lowest BCUT2D eigenvalue weighted by atomic mass is 9.94. The van der Waals surface area contributed by atoms with Crippen LogP contribution in [0.15, 0.2) is 55.0 Å². The third kappa shape index (κ3) is 3.92. The summed E-state index contributed by atoms with van der Waals surface area (Å²) in [5.41, 5.74) is 0.556. The molecule has 2 N–H and O–H groups in total. The number of hydrogen-bond acceptors (Lipinski definition) is 5. The van der Waals surface area contributed by atoms with Crippen LogP contribution >= 0.6 is 0 Å². The topological polar surface area (TPSA) is 90.3 Å². The molecule has 3 aromatic heterocycles. The molecule has 9 heteroatoms. The molecule has 6 nitrogen and oxygen atoms in total. The van der Waals surface area contributed by atoms with Gasteiger partial charge < -0.3 is 10.3 Å². The van der Waals surface area contributed by atoms with Crippen LogP contribution in [-0.4, -0.2) is 19.9 Å². The normalized spacial score (nSPS) is 12.0. The summed E-state index contributed by atoms with van der Waals surface area (Å²) in [5, 5.41) is 13.0. The summed E-state index contributed by atoms with van der Waals surface area (Å²) in [6, 6.07) is 12.7. The molecule has 3 heterocycles. The van der Waals surface area contributed by atoms with Crippen LogP contribution in [0.1, 0.15) is 30.5 Å². The van der Waals surface area contributed by atoms with Crippen molar-refractivity contribution in [3.63, 3.8) is 0 Å². The molecule has 0 amide bonds. The lowest BCUT2D eigenvalue weighted by molar-refractivity contribution is -0.137. The number of nitriles is 1. The minimum atomic E-state index is -4.54. The van der Waals surface area contributed by atoms with E-state index in [9.17, 15) is 18.4 Å². The van der Waals surface area contributed by atoms with Crippen molar-refractivity contribution in [2.45, 2.75) is 25.6 Å². The molecule has 0 bridgehead atoms. The number of aromatic nitrogens is 4. The monoisotopic (exact) mass is 422 g/mol. The second-order valence-electron chi connectivity index (χ2n) is 7.50. The maximum Gasteiger partial charge on any atom is 0.417 e. The largest absolute Gasteiger partial charge is 0.417 e. The van der Waals surface area contributed by atoms with Crippen molar-refractivity contribution < 1.29 is 13.2 Å². The van der Waals surface area contributed by atoms with E-state index in [1.54, 1.807) is 0 Å². The number of nitrogens with zero attached hydrogens (tertiary/aromatic N) is 4. The minimum Gasteiger partial charge on any atom is -0.345 e. The number of halogens is 3. The van der Waals surface area contributed by atoms with Crippen LogP contribution in [0.5, 0.6) is 0 Å². The van der Waals surface area contributed by atoms with Gasteiger partial charge in [0.1, 0.15) is 11.7 Å². The zero-order valence-corrected chi connectivity index (χ0v) is 16.6. The highest BCUT2D eigenvalue weighted by atomic mass is 19.4. The fourth-order valence-corrected chi connectivity index (χ4v) is 3.29. The highest BCUT2D eigenvalue weighted by Gasteiger charge is 2.32. The maximum absolute atomic E-state index is 13.2. The van der Waals surface area contributed by atoms with Gasteiger partial charge in [-0.25, -0.2) is 15.0 Å². The number of alkyl halides is 3. The first-order chi connectivity index (χ1) is 14.7. The molecule has 4 aromatic rings. The molecular weight excluding hydrogens is 405 g/mol. The molecule has 156 valence electrons. The SMILES string of the molecule is CC(C)(Nc1ncc(C#N)c(-c2c[nH]c3ncc(C(F)(F)F)cc23)n1)c1ccccc1. The lowest BCUT2D eigenvalue weighted by Gasteiger charge is -2.27. The van der Waals surface area contributed by atoms with E-state index in [2.05, 4.69) is 25.3 Å². The number of rotatable bonds is 4. The number of pyridine rings is 1. The van der Waals surface area contributed by atoms with E-state index in [0.717, 1.165) is 17.8 Å². The molecule has 0 saturated carbocycles. The van der Waals surface area contributed by atoms with E-state index < -0.39 is 17.3 Å². The Labute approximate surface area is 175 Å². The van der Waals surface area contributed by atoms with Gasteiger partial charge in [-0.05, 0) is 25.5 Å². The molecule has 4 rings (SSSR count). The van der Waals surface area contributed by atoms with Gasteiger partial charge in [0.15, 0.2) is 0 Å². The average molecular weight is 422 g/mol. The van der Waals surface area contributed by atoms with Gasteiger partial charge in [0, 0.05) is 23.3 Å². The van der Waals surface area contributed by atoms with Crippen molar-refractivity contribution in [1.82, 2.24) is 19.9 Å². The third-order valence-corrected chi connectivity index (χ3v) is 4.94. The molecule has 1 aromatic carbocycles. The third-order valence-electron chi connectivity index (χ3n) is 4.94. The van der Waals surface area contributed by atoms with Crippen molar-refractivity contribution in [3.8, 4) is 17.3 Å². The van der Waals surface area contributed by atoms with Crippen molar-refractivity contribution in [2.24, 2.45) is 0 Å². The predicted molar refractivity (Wildman–Crippen MR) is 110 cm³/mol. The zero-order valence-electron chi connectivity index (χ0n) is 16.6. The summed E-state index contributed by atoms with van der Waals surface area (Å²) >= 11 is 0. The van der Waals surface area contributed by atoms with E-state index in [1.165, 1.54) is 12.4 Å². The Morgan fingerprint density at radius 3 is 2.45 bits per heavy atom. The summed E-state index contributed by atoms with van der Waals surface area (Å²) in [6.07, 6.45) is -0.923. The van der Waals surface area contributed by atoms with Crippen LogP contribution in [0.3, 0.4) is 0 Å². The number of fused-ring (bicyclic) bond motifs is 1. The van der Waals surface area contributed by atoms with Crippen LogP contribution < -0.4 is 5.32 Å². The van der Waals surface area contributed by atoms with E-state index in [-0.39, 0.29) is 28.2 Å². The number of nitrogens with one attached hydrogen (secondary N) is 2. The molecule has 0 unspecified atom stereocenters. The second kappa shape index (κ2) is 7.40. The second-order valence-corrected chi connectivity index (χ2v) is 7.50. The van der Waals surface area contributed by atoms with Gasteiger partial charge in [-0.3, -0.25) is 0 Å². The Bertz CT molecular complexity index is 1290.